The molecular formula is C14H32N2O. The van der Waals surface area contributed by atoms with Gasteiger partial charge in [-0.2, -0.15) is 0 Å². The fourth-order valence-corrected chi connectivity index (χ4v) is 2.11. The van der Waals surface area contributed by atoms with Crippen LogP contribution in [0.1, 0.15) is 52.9 Å². The van der Waals surface area contributed by atoms with E-state index in [0.29, 0.717) is 0 Å². The van der Waals surface area contributed by atoms with E-state index in [0.717, 1.165) is 38.9 Å². The lowest BCUT2D eigenvalue weighted by molar-refractivity contribution is 0.109. The third-order valence-corrected chi connectivity index (χ3v) is 2.94. The van der Waals surface area contributed by atoms with Crippen LogP contribution in [-0.4, -0.2) is 38.9 Å². The molecule has 0 atom stereocenters. The molecule has 1 heterocycles. The summed E-state index contributed by atoms with van der Waals surface area (Å²) in [6, 6.07) is 0.851. The van der Waals surface area contributed by atoms with Gasteiger partial charge in [0, 0.05) is 19.1 Å². The number of rotatable bonds is 2. The summed E-state index contributed by atoms with van der Waals surface area (Å²) in [5, 5.41) is 6.64. The zero-order valence-corrected chi connectivity index (χ0v) is 12.1. The molecule has 3 nitrogen and oxygen atoms in total. The van der Waals surface area contributed by atoms with Crippen LogP contribution in [0, 0.1) is 0 Å². The molecule has 2 rings (SSSR count). The lowest BCUT2D eigenvalue weighted by Gasteiger charge is -2.21. The van der Waals surface area contributed by atoms with E-state index in [1.807, 2.05) is 13.8 Å². The largest absolute Gasteiger partial charge is 0.379 e. The van der Waals surface area contributed by atoms with E-state index >= 15 is 0 Å². The van der Waals surface area contributed by atoms with Gasteiger partial charge in [0.15, 0.2) is 0 Å². The van der Waals surface area contributed by atoms with Crippen molar-refractivity contribution in [2.24, 2.45) is 0 Å². The van der Waals surface area contributed by atoms with Gasteiger partial charge in [0.05, 0.1) is 13.2 Å². The van der Waals surface area contributed by atoms with E-state index in [1.165, 1.54) is 32.1 Å². The maximum atomic E-state index is 5.01. The number of ether oxygens (including phenoxy) is 1. The van der Waals surface area contributed by atoms with Crippen molar-refractivity contribution in [3.05, 3.63) is 0 Å². The molecule has 0 bridgehead atoms. The van der Waals surface area contributed by atoms with Gasteiger partial charge < -0.3 is 15.4 Å². The molecule has 0 unspecified atom stereocenters. The van der Waals surface area contributed by atoms with Crippen molar-refractivity contribution in [2.45, 2.75) is 58.9 Å². The molecule has 0 aromatic carbocycles. The van der Waals surface area contributed by atoms with Crippen LogP contribution in [0.2, 0.25) is 0 Å². The van der Waals surface area contributed by atoms with Crippen molar-refractivity contribution in [3.8, 4) is 0 Å². The molecule has 0 spiro atoms. The van der Waals surface area contributed by atoms with Crippen LogP contribution in [0.15, 0.2) is 0 Å². The second kappa shape index (κ2) is 13.9. The standard InChI is InChI=1S/C8H17N.C4H9NO.C2H6/c1-2-9-8-6-4-3-5-7-8;1-3-6-4-2-5-1;1-2/h8-9H,2-7H2,1H3;5H,1-4H2;1-2H3. The summed E-state index contributed by atoms with van der Waals surface area (Å²) in [5.41, 5.74) is 0. The molecule has 2 fully saturated rings. The summed E-state index contributed by atoms with van der Waals surface area (Å²) in [7, 11) is 0. The quantitative estimate of drug-likeness (QED) is 0.783. The molecule has 1 aliphatic carbocycles. The first-order valence-corrected chi connectivity index (χ1v) is 7.45. The molecule has 2 aliphatic rings. The highest BCUT2D eigenvalue weighted by Crippen LogP contribution is 2.16. The van der Waals surface area contributed by atoms with Crippen molar-refractivity contribution in [2.75, 3.05) is 32.8 Å². The highest BCUT2D eigenvalue weighted by molar-refractivity contribution is 4.70. The minimum atomic E-state index is 0.851. The Morgan fingerprint density at radius 2 is 1.65 bits per heavy atom. The van der Waals surface area contributed by atoms with E-state index in [9.17, 15) is 0 Å². The van der Waals surface area contributed by atoms with Crippen LogP contribution >= 0.6 is 0 Å². The first-order chi connectivity index (χ1) is 8.43. The highest BCUT2D eigenvalue weighted by Gasteiger charge is 2.10. The minimum absolute atomic E-state index is 0.851. The Balaban J connectivity index is 0.000000278. The van der Waals surface area contributed by atoms with Gasteiger partial charge in [0.2, 0.25) is 0 Å². The average molecular weight is 244 g/mol. The fourth-order valence-electron chi connectivity index (χ4n) is 2.11. The summed E-state index contributed by atoms with van der Waals surface area (Å²) < 4.78 is 5.01. The molecule has 0 aromatic heterocycles. The van der Waals surface area contributed by atoms with Crippen molar-refractivity contribution in [1.82, 2.24) is 10.6 Å². The maximum Gasteiger partial charge on any atom is 0.0591 e. The van der Waals surface area contributed by atoms with Gasteiger partial charge >= 0.3 is 0 Å². The van der Waals surface area contributed by atoms with Crippen LogP contribution in [-0.2, 0) is 4.74 Å². The first kappa shape index (κ1) is 16.9. The van der Waals surface area contributed by atoms with Crippen LogP contribution in [0.4, 0.5) is 0 Å². The Bertz CT molecular complexity index is 118. The number of hydrogen-bond donors (Lipinski definition) is 2. The smallest absolute Gasteiger partial charge is 0.0591 e. The van der Waals surface area contributed by atoms with Gasteiger partial charge in [-0.3, -0.25) is 0 Å². The Morgan fingerprint density at radius 3 is 2.00 bits per heavy atom. The number of nitrogens with one attached hydrogen (secondary N) is 2. The fraction of sp³-hybridized carbons (Fsp3) is 1.00. The first-order valence-electron chi connectivity index (χ1n) is 7.45. The molecule has 0 amide bonds. The van der Waals surface area contributed by atoms with Crippen molar-refractivity contribution < 1.29 is 4.74 Å². The molecule has 2 N–H and O–H groups in total. The van der Waals surface area contributed by atoms with E-state index in [-0.39, 0.29) is 0 Å². The average Bonchev–Trinajstić information content (AvgIpc) is 2.45. The summed E-state index contributed by atoms with van der Waals surface area (Å²) in [6.45, 7) is 11.2. The topological polar surface area (TPSA) is 33.3 Å². The molecule has 104 valence electrons. The summed E-state index contributed by atoms with van der Waals surface area (Å²) in [5.74, 6) is 0. The predicted molar refractivity (Wildman–Crippen MR) is 75.6 cm³/mol. The molecule has 1 saturated heterocycles. The van der Waals surface area contributed by atoms with Crippen LogP contribution in [0.25, 0.3) is 0 Å². The highest BCUT2D eigenvalue weighted by atomic mass is 16.5. The lowest BCUT2D eigenvalue weighted by atomic mass is 9.96. The predicted octanol–water partition coefficient (Wildman–Crippen LogP) is 2.56. The van der Waals surface area contributed by atoms with E-state index in [1.54, 1.807) is 0 Å². The van der Waals surface area contributed by atoms with Gasteiger partial charge in [0.1, 0.15) is 0 Å². The zero-order valence-electron chi connectivity index (χ0n) is 12.1. The van der Waals surface area contributed by atoms with Gasteiger partial charge in [-0.15, -0.1) is 0 Å². The molecule has 17 heavy (non-hydrogen) atoms. The second-order valence-corrected chi connectivity index (χ2v) is 4.25. The summed E-state index contributed by atoms with van der Waals surface area (Å²) in [6.07, 6.45) is 7.17. The number of morpholine rings is 1. The molecule has 1 aliphatic heterocycles. The van der Waals surface area contributed by atoms with Crippen LogP contribution in [0.3, 0.4) is 0 Å². The summed E-state index contributed by atoms with van der Waals surface area (Å²) >= 11 is 0. The third-order valence-electron chi connectivity index (χ3n) is 2.94. The molecule has 0 radical (unpaired) electrons. The molecule has 0 aromatic rings. The maximum absolute atomic E-state index is 5.01. The van der Waals surface area contributed by atoms with Crippen molar-refractivity contribution in [1.29, 1.82) is 0 Å². The van der Waals surface area contributed by atoms with Crippen LogP contribution < -0.4 is 10.6 Å². The Kier molecular flexibility index (Phi) is 13.8. The minimum Gasteiger partial charge on any atom is -0.379 e. The number of hydrogen-bond acceptors (Lipinski definition) is 3. The Labute approximate surface area is 108 Å². The SMILES string of the molecule is C1COCCN1.CC.CCNC1CCCCC1. The van der Waals surface area contributed by atoms with E-state index < -0.39 is 0 Å². The van der Waals surface area contributed by atoms with Gasteiger partial charge in [0.25, 0.3) is 0 Å². The molecule has 1 saturated carbocycles. The molecule has 3 heteroatoms. The third kappa shape index (κ3) is 10.7. The van der Waals surface area contributed by atoms with Crippen LogP contribution in [0.5, 0.6) is 0 Å². The Morgan fingerprint density at radius 1 is 1.06 bits per heavy atom. The summed E-state index contributed by atoms with van der Waals surface area (Å²) in [4.78, 5) is 0. The lowest BCUT2D eigenvalue weighted by Crippen LogP contribution is -2.30. The van der Waals surface area contributed by atoms with E-state index in [4.69, 9.17) is 4.74 Å². The van der Waals surface area contributed by atoms with Gasteiger partial charge in [-0.05, 0) is 19.4 Å². The van der Waals surface area contributed by atoms with Gasteiger partial charge in [-0.25, -0.2) is 0 Å². The van der Waals surface area contributed by atoms with Crippen molar-refractivity contribution in [3.63, 3.8) is 0 Å². The molecular weight excluding hydrogens is 212 g/mol. The Hall–Kier alpha value is -0.120. The monoisotopic (exact) mass is 244 g/mol. The zero-order chi connectivity index (χ0) is 12.8. The normalized spacial score (nSPS) is 20.6. The van der Waals surface area contributed by atoms with Crippen molar-refractivity contribution >= 4 is 0 Å². The second-order valence-electron chi connectivity index (χ2n) is 4.25. The van der Waals surface area contributed by atoms with E-state index in [2.05, 4.69) is 17.6 Å². The van der Waals surface area contributed by atoms with Gasteiger partial charge in [-0.1, -0.05) is 40.0 Å².